The molecule has 24 heavy (non-hydrogen) atoms. The molecule has 2 rings (SSSR count). The lowest BCUT2D eigenvalue weighted by atomic mass is 9.93. The number of halogens is 2. The fourth-order valence-electron chi connectivity index (χ4n) is 2.49. The predicted molar refractivity (Wildman–Crippen MR) is 101 cm³/mol. The van der Waals surface area contributed by atoms with Gasteiger partial charge >= 0.3 is 0 Å². The quantitative estimate of drug-likeness (QED) is 0.190. The van der Waals surface area contributed by atoms with Crippen molar-refractivity contribution in [2.24, 2.45) is 0 Å². The van der Waals surface area contributed by atoms with Crippen molar-refractivity contribution >= 4 is 34.2 Å². The summed E-state index contributed by atoms with van der Waals surface area (Å²) in [7, 11) is 0. The fraction of sp³-hybridized carbons (Fsp3) is 0.412. The minimum Gasteiger partial charge on any atom is -0.376 e. The minimum absolute atomic E-state index is 0.276. The monoisotopic (exact) mass is 395 g/mol. The molecule has 0 saturated heterocycles. The van der Waals surface area contributed by atoms with Gasteiger partial charge in [-0.15, -0.1) is 0 Å². The maximum absolute atomic E-state index is 13.2. The molecule has 1 fully saturated rings. The molecule has 1 saturated carbocycles. The van der Waals surface area contributed by atoms with Gasteiger partial charge in [-0.1, -0.05) is 0 Å². The Morgan fingerprint density at radius 1 is 1.42 bits per heavy atom. The van der Waals surface area contributed by atoms with Crippen LogP contribution >= 0.6 is 15.9 Å². The van der Waals surface area contributed by atoms with Crippen LogP contribution in [-0.4, -0.2) is 24.8 Å². The summed E-state index contributed by atoms with van der Waals surface area (Å²) < 4.78 is 14.0. The second-order valence-electron chi connectivity index (χ2n) is 5.93. The topological polar surface area (TPSA) is 83.8 Å². The van der Waals surface area contributed by atoms with Gasteiger partial charge in [-0.3, -0.25) is 5.41 Å². The highest BCUT2D eigenvalue weighted by Gasteiger charge is 2.19. The van der Waals surface area contributed by atoms with Crippen LogP contribution in [0.1, 0.15) is 31.2 Å². The molecule has 0 radical (unpaired) electrons. The van der Waals surface area contributed by atoms with Crippen molar-refractivity contribution in [1.82, 2.24) is 10.6 Å². The highest BCUT2D eigenvalue weighted by atomic mass is 79.9. The highest BCUT2D eigenvalue weighted by Crippen LogP contribution is 2.23. The van der Waals surface area contributed by atoms with E-state index in [4.69, 9.17) is 10.8 Å². The standard InChI is InChI=1S/C17H23BrFN5/c1-11-7-13(19)5-6-15(11)24-16(22-10-21)8-12(9-20)17(18)23-14-3-2-4-14/h5-7,9-10,14,16,20,23-24H,2-4,8H2,1H3,(H2,21,22)/b17-12-,20-9?. The van der Waals surface area contributed by atoms with Crippen LogP contribution in [-0.2, 0) is 0 Å². The van der Waals surface area contributed by atoms with Gasteiger partial charge in [-0.2, -0.15) is 0 Å². The van der Waals surface area contributed by atoms with E-state index in [1.54, 1.807) is 6.07 Å². The number of hydrogen-bond acceptors (Lipinski definition) is 4. The molecule has 7 heteroatoms. The summed E-state index contributed by atoms with van der Waals surface area (Å²) in [5.41, 5.74) is 2.38. The van der Waals surface area contributed by atoms with Gasteiger partial charge < -0.3 is 21.4 Å². The van der Waals surface area contributed by atoms with Gasteiger partial charge in [-0.05, 0) is 65.9 Å². The van der Waals surface area contributed by atoms with E-state index in [2.05, 4.69) is 31.9 Å². The first-order chi connectivity index (χ1) is 11.5. The molecule has 0 amide bonds. The largest absolute Gasteiger partial charge is 0.376 e. The van der Waals surface area contributed by atoms with Crippen molar-refractivity contribution in [3.63, 3.8) is 0 Å². The van der Waals surface area contributed by atoms with Gasteiger partial charge in [0.2, 0.25) is 0 Å². The van der Waals surface area contributed by atoms with Gasteiger partial charge in [0.25, 0.3) is 0 Å². The molecule has 1 aliphatic rings. The Balaban J connectivity index is 2.08. The molecule has 0 spiro atoms. The molecule has 130 valence electrons. The van der Waals surface area contributed by atoms with Gasteiger partial charge in [0.1, 0.15) is 12.0 Å². The number of benzene rings is 1. The van der Waals surface area contributed by atoms with E-state index in [9.17, 15) is 4.39 Å². The molecule has 1 aromatic carbocycles. The fourth-order valence-corrected chi connectivity index (χ4v) is 3.09. The average Bonchev–Trinajstić information content (AvgIpc) is 2.51. The predicted octanol–water partition coefficient (Wildman–Crippen LogP) is 3.86. The number of nitrogens with one attached hydrogen (secondary N) is 5. The molecule has 5 N–H and O–H groups in total. The maximum atomic E-state index is 13.2. The van der Waals surface area contributed by atoms with Gasteiger partial charge in [0.05, 0.1) is 10.9 Å². The van der Waals surface area contributed by atoms with E-state index in [-0.39, 0.29) is 12.0 Å². The molecule has 0 aliphatic heterocycles. The Kier molecular flexibility index (Phi) is 6.78. The van der Waals surface area contributed by atoms with Crippen LogP contribution in [0, 0.1) is 23.6 Å². The summed E-state index contributed by atoms with van der Waals surface area (Å²) in [4.78, 5) is 0. The first kappa shape index (κ1) is 18.4. The summed E-state index contributed by atoms with van der Waals surface area (Å²) in [6.07, 6.45) is 6.18. The van der Waals surface area contributed by atoms with E-state index in [1.165, 1.54) is 24.8 Å². The van der Waals surface area contributed by atoms with Gasteiger partial charge in [0.15, 0.2) is 0 Å². The Labute approximate surface area is 150 Å². The summed E-state index contributed by atoms with van der Waals surface area (Å²) in [6, 6.07) is 5.01. The first-order valence-electron chi connectivity index (χ1n) is 7.97. The zero-order valence-electron chi connectivity index (χ0n) is 13.6. The Hall–Kier alpha value is -1.89. The molecule has 1 unspecified atom stereocenters. The van der Waals surface area contributed by atoms with Crippen LogP contribution in [0.25, 0.3) is 0 Å². The minimum atomic E-state index is -0.279. The third-order valence-electron chi connectivity index (χ3n) is 4.12. The second kappa shape index (κ2) is 8.82. The van der Waals surface area contributed by atoms with Gasteiger partial charge in [-0.25, -0.2) is 4.39 Å². The van der Waals surface area contributed by atoms with Crippen LogP contribution in [0.4, 0.5) is 10.1 Å². The lowest BCUT2D eigenvalue weighted by molar-refractivity contribution is 0.370. The van der Waals surface area contributed by atoms with Crippen molar-refractivity contribution in [3.8, 4) is 0 Å². The van der Waals surface area contributed by atoms with Crippen LogP contribution in [0.2, 0.25) is 0 Å². The van der Waals surface area contributed by atoms with Crippen molar-refractivity contribution < 1.29 is 4.39 Å². The van der Waals surface area contributed by atoms with Crippen LogP contribution < -0.4 is 16.0 Å². The maximum Gasteiger partial charge on any atom is 0.123 e. The Bertz CT molecular complexity index is 627. The summed E-state index contributed by atoms with van der Waals surface area (Å²) in [6.45, 7) is 1.83. The molecule has 0 bridgehead atoms. The van der Waals surface area contributed by atoms with E-state index in [0.717, 1.165) is 40.6 Å². The lowest BCUT2D eigenvalue weighted by Crippen LogP contribution is -2.37. The third-order valence-corrected chi connectivity index (χ3v) is 4.86. The van der Waals surface area contributed by atoms with Crippen molar-refractivity contribution in [3.05, 3.63) is 39.8 Å². The van der Waals surface area contributed by atoms with Crippen LogP contribution in [0.15, 0.2) is 28.4 Å². The van der Waals surface area contributed by atoms with E-state index < -0.39 is 0 Å². The zero-order chi connectivity index (χ0) is 17.5. The molecule has 1 atom stereocenters. The summed E-state index contributed by atoms with van der Waals surface area (Å²) >= 11 is 3.52. The van der Waals surface area contributed by atoms with Crippen LogP contribution in [0.5, 0.6) is 0 Å². The first-order valence-corrected chi connectivity index (χ1v) is 8.76. The normalized spacial score (nSPS) is 16.5. The third kappa shape index (κ3) is 5.06. The molecule has 0 heterocycles. The summed E-state index contributed by atoms with van der Waals surface area (Å²) in [5, 5.41) is 24.5. The van der Waals surface area contributed by atoms with Crippen molar-refractivity contribution in [2.45, 2.75) is 44.8 Å². The Morgan fingerprint density at radius 2 is 2.17 bits per heavy atom. The SMILES string of the molecule is Cc1cc(F)ccc1NC(C/C(C=N)=C(\Br)NC1CCC1)NC=N. The van der Waals surface area contributed by atoms with Gasteiger partial charge in [0, 0.05) is 29.9 Å². The number of aryl methyl sites for hydroxylation is 1. The van der Waals surface area contributed by atoms with E-state index >= 15 is 0 Å². The molecular weight excluding hydrogens is 373 g/mol. The number of anilines is 1. The average molecular weight is 396 g/mol. The second-order valence-corrected chi connectivity index (χ2v) is 6.72. The Morgan fingerprint density at radius 3 is 2.71 bits per heavy atom. The molecule has 5 nitrogen and oxygen atoms in total. The number of hydrogen-bond donors (Lipinski definition) is 5. The number of rotatable bonds is 9. The molecular formula is C17H23BrFN5. The van der Waals surface area contributed by atoms with Crippen LogP contribution in [0.3, 0.4) is 0 Å². The zero-order valence-corrected chi connectivity index (χ0v) is 15.2. The highest BCUT2D eigenvalue weighted by molar-refractivity contribution is 9.11. The molecule has 1 aromatic rings. The van der Waals surface area contributed by atoms with E-state index in [0.29, 0.717) is 12.5 Å². The van der Waals surface area contributed by atoms with E-state index in [1.807, 2.05) is 6.92 Å². The summed E-state index contributed by atoms with van der Waals surface area (Å²) in [5.74, 6) is -0.276. The molecule has 1 aliphatic carbocycles. The lowest BCUT2D eigenvalue weighted by Gasteiger charge is -2.28. The smallest absolute Gasteiger partial charge is 0.123 e. The van der Waals surface area contributed by atoms with Crippen molar-refractivity contribution in [1.29, 1.82) is 10.8 Å². The van der Waals surface area contributed by atoms with Crippen molar-refractivity contribution in [2.75, 3.05) is 5.32 Å². The molecule has 0 aromatic heterocycles.